The summed E-state index contributed by atoms with van der Waals surface area (Å²) in [5, 5.41) is 0. The van der Waals surface area contributed by atoms with Crippen molar-refractivity contribution in [3.8, 4) is 0 Å². The quantitative estimate of drug-likeness (QED) is 0.613. The first-order valence-corrected chi connectivity index (χ1v) is 3.18. The predicted molar refractivity (Wildman–Crippen MR) is 38.1 cm³/mol. The van der Waals surface area contributed by atoms with E-state index in [1.54, 1.807) is 18.3 Å². The SMILES string of the molecule is Cl[CH]Cc1ccncc1. The van der Waals surface area contributed by atoms with Crippen molar-refractivity contribution in [2.75, 3.05) is 0 Å². The molecule has 1 heterocycles. The van der Waals surface area contributed by atoms with Crippen molar-refractivity contribution < 1.29 is 0 Å². The Morgan fingerprint density at radius 3 is 2.67 bits per heavy atom. The molecule has 0 bridgehead atoms. The zero-order valence-electron chi connectivity index (χ0n) is 4.92. The molecule has 1 nitrogen and oxygen atoms in total. The van der Waals surface area contributed by atoms with Gasteiger partial charge in [-0.3, -0.25) is 4.98 Å². The van der Waals surface area contributed by atoms with E-state index in [1.807, 2.05) is 12.1 Å². The van der Waals surface area contributed by atoms with Crippen LogP contribution in [0.3, 0.4) is 0 Å². The Balaban J connectivity index is 2.61. The highest BCUT2D eigenvalue weighted by atomic mass is 35.5. The zero-order valence-corrected chi connectivity index (χ0v) is 5.67. The molecule has 1 radical (unpaired) electrons. The zero-order chi connectivity index (χ0) is 6.53. The van der Waals surface area contributed by atoms with Crippen LogP contribution in [0.5, 0.6) is 0 Å². The molecule has 0 spiro atoms. The summed E-state index contributed by atoms with van der Waals surface area (Å²) >= 11 is 5.39. The first-order chi connectivity index (χ1) is 4.43. The van der Waals surface area contributed by atoms with Crippen LogP contribution in [0.25, 0.3) is 0 Å². The maximum absolute atomic E-state index is 5.39. The highest BCUT2D eigenvalue weighted by Crippen LogP contribution is 2.00. The molecular formula is C7H7ClN. The Bertz CT molecular complexity index is 162. The molecule has 0 saturated carbocycles. The molecule has 0 amide bonds. The van der Waals surface area contributed by atoms with Gasteiger partial charge in [0.15, 0.2) is 0 Å². The van der Waals surface area contributed by atoms with Gasteiger partial charge in [-0.05, 0) is 24.1 Å². The lowest BCUT2D eigenvalue weighted by atomic mass is 10.2. The molecule has 0 atom stereocenters. The van der Waals surface area contributed by atoms with Crippen molar-refractivity contribution in [3.63, 3.8) is 0 Å². The van der Waals surface area contributed by atoms with Crippen molar-refractivity contribution in [1.29, 1.82) is 0 Å². The fourth-order valence-corrected chi connectivity index (χ4v) is 0.786. The van der Waals surface area contributed by atoms with Gasteiger partial charge < -0.3 is 0 Å². The molecule has 0 fully saturated rings. The second-order valence-corrected chi connectivity index (χ2v) is 2.02. The Morgan fingerprint density at radius 1 is 1.44 bits per heavy atom. The molecule has 2 heteroatoms. The molecule has 1 aromatic rings. The fourth-order valence-electron chi connectivity index (χ4n) is 0.608. The number of nitrogens with zero attached hydrogens (tertiary/aromatic N) is 1. The molecule has 1 aromatic heterocycles. The molecule has 9 heavy (non-hydrogen) atoms. The van der Waals surface area contributed by atoms with E-state index in [2.05, 4.69) is 4.98 Å². The van der Waals surface area contributed by atoms with Crippen LogP contribution in [-0.2, 0) is 6.42 Å². The molecule has 47 valence electrons. The largest absolute Gasteiger partial charge is 0.265 e. The van der Waals surface area contributed by atoms with Gasteiger partial charge in [-0.15, -0.1) is 11.6 Å². The summed E-state index contributed by atoms with van der Waals surface area (Å²) in [6, 6.07) is 3.89. The van der Waals surface area contributed by atoms with Crippen LogP contribution in [0, 0.1) is 5.88 Å². The molecule has 1 rings (SSSR count). The van der Waals surface area contributed by atoms with E-state index >= 15 is 0 Å². The molecule has 0 N–H and O–H groups in total. The Morgan fingerprint density at radius 2 is 2.11 bits per heavy atom. The third-order valence-corrected chi connectivity index (χ3v) is 1.22. The van der Waals surface area contributed by atoms with Crippen molar-refractivity contribution in [1.82, 2.24) is 4.98 Å². The van der Waals surface area contributed by atoms with Gasteiger partial charge in [-0.2, -0.15) is 0 Å². The summed E-state index contributed by atoms with van der Waals surface area (Å²) in [6.45, 7) is 0. The van der Waals surface area contributed by atoms with E-state index in [-0.39, 0.29) is 0 Å². The molecular weight excluding hydrogens is 134 g/mol. The molecule has 0 aliphatic rings. The minimum absolute atomic E-state index is 0.810. The van der Waals surface area contributed by atoms with E-state index in [9.17, 15) is 0 Å². The lowest BCUT2D eigenvalue weighted by molar-refractivity contribution is 1.19. The number of halogens is 1. The number of rotatable bonds is 2. The third kappa shape index (κ3) is 2.02. The highest BCUT2D eigenvalue weighted by molar-refractivity contribution is 6.23. The maximum atomic E-state index is 5.39. The minimum Gasteiger partial charge on any atom is -0.265 e. The van der Waals surface area contributed by atoms with Gasteiger partial charge in [0.2, 0.25) is 0 Å². The van der Waals surface area contributed by atoms with Crippen LogP contribution < -0.4 is 0 Å². The van der Waals surface area contributed by atoms with E-state index < -0.39 is 0 Å². The summed E-state index contributed by atoms with van der Waals surface area (Å²) in [7, 11) is 0. The highest BCUT2D eigenvalue weighted by Gasteiger charge is 1.86. The molecule has 0 aliphatic carbocycles. The minimum atomic E-state index is 0.810. The van der Waals surface area contributed by atoms with Crippen molar-refractivity contribution in [3.05, 3.63) is 36.0 Å². The summed E-state index contributed by atoms with van der Waals surface area (Å²) < 4.78 is 0. The topological polar surface area (TPSA) is 12.9 Å². The fraction of sp³-hybridized carbons (Fsp3) is 0.143. The van der Waals surface area contributed by atoms with Crippen LogP contribution in [0.15, 0.2) is 24.5 Å². The van der Waals surface area contributed by atoms with Gasteiger partial charge >= 0.3 is 0 Å². The van der Waals surface area contributed by atoms with Gasteiger partial charge in [0.1, 0.15) is 0 Å². The Labute approximate surface area is 59.7 Å². The first kappa shape index (κ1) is 6.56. The summed E-state index contributed by atoms with van der Waals surface area (Å²) in [6.07, 6.45) is 4.33. The van der Waals surface area contributed by atoms with Gasteiger partial charge in [0.25, 0.3) is 0 Å². The van der Waals surface area contributed by atoms with Crippen molar-refractivity contribution in [2.24, 2.45) is 0 Å². The van der Waals surface area contributed by atoms with Crippen molar-refractivity contribution in [2.45, 2.75) is 6.42 Å². The summed E-state index contributed by atoms with van der Waals surface area (Å²) in [4.78, 5) is 3.87. The molecule has 0 aliphatic heterocycles. The maximum Gasteiger partial charge on any atom is 0.0543 e. The normalized spacial score (nSPS) is 9.44. The monoisotopic (exact) mass is 140 g/mol. The van der Waals surface area contributed by atoms with Crippen LogP contribution in [-0.4, -0.2) is 4.98 Å². The van der Waals surface area contributed by atoms with Crippen LogP contribution in [0.2, 0.25) is 0 Å². The average molecular weight is 141 g/mol. The van der Waals surface area contributed by atoms with Crippen LogP contribution in [0.4, 0.5) is 0 Å². The van der Waals surface area contributed by atoms with Crippen molar-refractivity contribution >= 4 is 11.6 Å². The number of pyridine rings is 1. The molecule has 0 saturated heterocycles. The van der Waals surface area contributed by atoms with E-state index in [0.717, 1.165) is 6.42 Å². The standard InChI is InChI=1S/C7H7ClN/c8-4-1-7-2-5-9-6-3-7/h2-6H,1H2. The smallest absolute Gasteiger partial charge is 0.0543 e. The van der Waals surface area contributed by atoms with Gasteiger partial charge in [-0.1, -0.05) is 0 Å². The van der Waals surface area contributed by atoms with Gasteiger partial charge in [0, 0.05) is 12.4 Å². The second kappa shape index (κ2) is 3.46. The average Bonchev–Trinajstić information content (AvgIpc) is 1.91. The van der Waals surface area contributed by atoms with E-state index in [0.29, 0.717) is 0 Å². The van der Waals surface area contributed by atoms with Gasteiger partial charge in [0.05, 0.1) is 5.88 Å². The number of hydrogen-bond donors (Lipinski definition) is 0. The second-order valence-electron chi connectivity index (χ2n) is 1.71. The first-order valence-electron chi connectivity index (χ1n) is 2.74. The van der Waals surface area contributed by atoms with E-state index in [4.69, 9.17) is 11.6 Å². The van der Waals surface area contributed by atoms with Gasteiger partial charge in [-0.25, -0.2) is 0 Å². The number of aromatic nitrogens is 1. The Kier molecular flexibility index (Phi) is 2.52. The molecule has 0 unspecified atom stereocenters. The number of hydrogen-bond acceptors (Lipinski definition) is 1. The lowest BCUT2D eigenvalue weighted by Crippen LogP contribution is -1.80. The third-order valence-electron chi connectivity index (χ3n) is 1.06. The lowest BCUT2D eigenvalue weighted by Gasteiger charge is -1.91. The summed E-state index contributed by atoms with van der Waals surface area (Å²) in [5.41, 5.74) is 1.19. The van der Waals surface area contributed by atoms with Crippen LogP contribution in [0.1, 0.15) is 5.56 Å². The molecule has 0 aromatic carbocycles. The van der Waals surface area contributed by atoms with E-state index in [1.165, 1.54) is 5.56 Å². The Hall–Kier alpha value is -0.560. The summed E-state index contributed by atoms with van der Waals surface area (Å²) in [5.74, 6) is 1.61. The van der Waals surface area contributed by atoms with Crippen LogP contribution >= 0.6 is 11.6 Å². The predicted octanol–water partition coefficient (Wildman–Crippen LogP) is 2.02.